The van der Waals surface area contributed by atoms with Crippen LogP contribution < -0.4 is 10.5 Å². The number of aryl methyl sites for hydroxylation is 1. The smallest absolute Gasteiger partial charge is 0.259 e. The number of nitrogens with zero attached hydrogens (tertiary/aromatic N) is 2. The number of nitrogens with one attached hydrogen (secondary N) is 1. The number of hydrogen-bond acceptors (Lipinski definition) is 4. The minimum Gasteiger partial charge on any atom is -0.399 e. The van der Waals surface area contributed by atoms with Crippen LogP contribution in [0.3, 0.4) is 0 Å². The van der Waals surface area contributed by atoms with Crippen LogP contribution in [0.1, 0.15) is 18.1 Å². The Labute approximate surface area is 118 Å². The van der Waals surface area contributed by atoms with Crippen molar-refractivity contribution in [3.8, 4) is 0 Å². The van der Waals surface area contributed by atoms with Crippen LogP contribution in [0.15, 0.2) is 35.7 Å². The Morgan fingerprint density at radius 2 is 2.15 bits per heavy atom. The minimum atomic E-state index is -3.60. The summed E-state index contributed by atoms with van der Waals surface area (Å²) in [4.78, 5) is 3.90. The van der Waals surface area contributed by atoms with Crippen LogP contribution in [0.5, 0.6) is 0 Å². The van der Waals surface area contributed by atoms with E-state index in [1.54, 1.807) is 16.7 Å². The predicted octanol–water partition coefficient (Wildman–Crippen LogP) is 1.27. The van der Waals surface area contributed by atoms with E-state index >= 15 is 0 Å². The fraction of sp³-hybridized carbons (Fsp3) is 0.308. The van der Waals surface area contributed by atoms with E-state index in [9.17, 15) is 8.42 Å². The second-order valence-electron chi connectivity index (χ2n) is 4.50. The lowest BCUT2D eigenvalue weighted by atomic mass is 10.1. The van der Waals surface area contributed by atoms with Crippen molar-refractivity contribution in [2.24, 2.45) is 0 Å². The number of rotatable bonds is 5. The number of imidazole rings is 1. The number of aromatic nitrogens is 2. The molecular formula is C13H18N4O2S. The molecule has 2 aromatic rings. The van der Waals surface area contributed by atoms with Gasteiger partial charge in [-0.3, -0.25) is 0 Å². The van der Waals surface area contributed by atoms with Crippen molar-refractivity contribution in [3.05, 3.63) is 41.9 Å². The highest BCUT2D eigenvalue weighted by Crippen LogP contribution is 2.16. The largest absolute Gasteiger partial charge is 0.399 e. The van der Waals surface area contributed by atoms with E-state index in [-0.39, 0.29) is 11.6 Å². The molecule has 6 nitrogen and oxygen atoms in total. The van der Waals surface area contributed by atoms with Crippen LogP contribution in [0.2, 0.25) is 0 Å². The van der Waals surface area contributed by atoms with Crippen molar-refractivity contribution in [2.45, 2.75) is 32.0 Å². The molecule has 20 heavy (non-hydrogen) atoms. The van der Waals surface area contributed by atoms with E-state index < -0.39 is 10.0 Å². The Morgan fingerprint density at radius 3 is 2.80 bits per heavy atom. The Kier molecular flexibility index (Phi) is 4.10. The van der Waals surface area contributed by atoms with Gasteiger partial charge in [0.25, 0.3) is 10.0 Å². The van der Waals surface area contributed by atoms with Gasteiger partial charge in [0.15, 0.2) is 5.03 Å². The summed E-state index contributed by atoms with van der Waals surface area (Å²) in [5.74, 6) is 0. The molecule has 3 N–H and O–H groups in total. The van der Waals surface area contributed by atoms with Gasteiger partial charge in [-0.1, -0.05) is 12.1 Å². The molecule has 0 saturated heterocycles. The average molecular weight is 294 g/mol. The molecule has 0 bridgehead atoms. The molecule has 0 radical (unpaired) electrons. The molecule has 0 atom stereocenters. The first-order chi connectivity index (χ1) is 9.44. The van der Waals surface area contributed by atoms with Gasteiger partial charge in [-0.25, -0.2) is 18.1 Å². The van der Waals surface area contributed by atoms with Crippen molar-refractivity contribution in [1.82, 2.24) is 14.3 Å². The predicted molar refractivity (Wildman–Crippen MR) is 77.5 cm³/mol. The fourth-order valence-corrected chi connectivity index (χ4v) is 2.75. The van der Waals surface area contributed by atoms with E-state index in [1.807, 2.05) is 19.9 Å². The molecule has 0 unspecified atom stereocenters. The molecule has 0 fully saturated rings. The van der Waals surface area contributed by atoms with Crippen LogP contribution in [-0.2, 0) is 23.1 Å². The Morgan fingerprint density at radius 1 is 1.40 bits per heavy atom. The molecule has 1 aromatic heterocycles. The number of benzene rings is 1. The van der Waals surface area contributed by atoms with Crippen LogP contribution in [0.4, 0.5) is 5.69 Å². The van der Waals surface area contributed by atoms with Gasteiger partial charge in [0.1, 0.15) is 0 Å². The third kappa shape index (κ3) is 3.00. The van der Waals surface area contributed by atoms with Gasteiger partial charge in [0.05, 0.1) is 6.33 Å². The maximum atomic E-state index is 12.1. The van der Waals surface area contributed by atoms with E-state index in [2.05, 4.69) is 9.71 Å². The van der Waals surface area contributed by atoms with E-state index in [4.69, 9.17) is 5.73 Å². The maximum absolute atomic E-state index is 12.1. The molecule has 0 aliphatic carbocycles. The maximum Gasteiger partial charge on any atom is 0.259 e. The summed E-state index contributed by atoms with van der Waals surface area (Å²) in [7, 11) is -3.60. The minimum absolute atomic E-state index is 0.0286. The lowest BCUT2D eigenvalue weighted by molar-refractivity contribution is 0.577. The SMILES string of the molecule is CCn1cnc(S(=O)(=O)NCc2cccc(N)c2C)c1. The fourth-order valence-electron chi connectivity index (χ4n) is 1.79. The van der Waals surface area contributed by atoms with Crippen molar-refractivity contribution >= 4 is 15.7 Å². The van der Waals surface area contributed by atoms with Crippen LogP contribution >= 0.6 is 0 Å². The van der Waals surface area contributed by atoms with Crippen molar-refractivity contribution in [2.75, 3.05) is 5.73 Å². The molecule has 0 spiro atoms. The Balaban J connectivity index is 2.15. The Bertz CT molecular complexity index is 707. The second-order valence-corrected chi connectivity index (χ2v) is 6.21. The van der Waals surface area contributed by atoms with Gasteiger partial charge in [0.2, 0.25) is 0 Å². The molecule has 7 heteroatoms. The molecule has 0 aliphatic rings. The lowest BCUT2D eigenvalue weighted by Crippen LogP contribution is -2.24. The molecule has 108 valence electrons. The molecular weight excluding hydrogens is 276 g/mol. The van der Waals surface area contributed by atoms with E-state index in [0.29, 0.717) is 12.2 Å². The van der Waals surface area contributed by atoms with Gasteiger partial charge in [-0.05, 0) is 31.0 Å². The average Bonchev–Trinajstić information content (AvgIpc) is 2.90. The zero-order chi connectivity index (χ0) is 14.8. The summed E-state index contributed by atoms with van der Waals surface area (Å²) < 4.78 is 28.5. The summed E-state index contributed by atoms with van der Waals surface area (Å²) in [5, 5.41) is 0.0286. The van der Waals surface area contributed by atoms with Gasteiger partial charge in [-0.15, -0.1) is 0 Å². The quantitative estimate of drug-likeness (QED) is 0.813. The summed E-state index contributed by atoms with van der Waals surface area (Å²) >= 11 is 0. The molecule has 0 amide bonds. The summed E-state index contributed by atoms with van der Waals surface area (Å²) in [6, 6.07) is 5.44. The highest BCUT2D eigenvalue weighted by molar-refractivity contribution is 7.89. The third-order valence-electron chi connectivity index (χ3n) is 3.19. The van der Waals surface area contributed by atoms with Gasteiger partial charge in [0, 0.05) is 25.0 Å². The molecule has 1 heterocycles. The number of sulfonamides is 1. The third-order valence-corrected chi connectivity index (χ3v) is 4.48. The monoisotopic (exact) mass is 294 g/mol. The number of nitrogen functional groups attached to an aromatic ring is 1. The van der Waals surface area contributed by atoms with Crippen LogP contribution in [0, 0.1) is 6.92 Å². The molecule has 0 aliphatic heterocycles. The van der Waals surface area contributed by atoms with Gasteiger partial charge < -0.3 is 10.3 Å². The van der Waals surface area contributed by atoms with Gasteiger partial charge >= 0.3 is 0 Å². The van der Waals surface area contributed by atoms with Crippen molar-refractivity contribution in [3.63, 3.8) is 0 Å². The van der Waals surface area contributed by atoms with Crippen LogP contribution in [0.25, 0.3) is 0 Å². The molecule has 2 rings (SSSR count). The first-order valence-electron chi connectivity index (χ1n) is 6.29. The number of anilines is 1. The number of nitrogens with two attached hydrogens (primary N) is 1. The van der Waals surface area contributed by atoms with Crippen molar-refractivity contribution in [1.29, 1.82) is 0 Å². The normalized spacial score (nSPS) is 11.7. The molecule has 1 aromatic carbocycles. The zero-order valence-corrected chi connectivity index (χ0v) is 12.3. The topological polar surface area (TPSA) is 90.0 Å². The van der Waals surface area contributed by atoms with Crippen molar-refractivity contribution < 1.29 is 8.42 Å². The Hall–Kier alpha value is -1.86. The van der Waals surface area contributed by atoms with E-state index in [1.165, 1.54) is 12.5 Å². The van der Waals surface area contributed by atoms with Gasteiger partial charge in [-0.2, -0.15) is 0 Å². The highest BCUT2D eigenvalue weighted by Gasteiger charge is 2.17. The summed E-state index contributed by atoms with van der Waals surface area (Å²) in [6.07, 6.45) is 3.01. The first-order valence-corrected chi connectivity index (χ1v) is 7.77. The number of hydrogen-bond donors (Lipinski definition) is 2. The molecule has 0 saturated carbocycles. The summed E-state index contributed by atoms with van der Waals surface area (Å²) in [6.45, 7) is 4.65. The lowest BCUT2D eigenvalue weighted by Gasteiger charge is -2.09. The van der Waals surface area contributed by atoms with E-state index in [0.717, 1.165) is 11.1 Å². The zero-order valence-electron chi connectivity index (χ0n) is 11.5. The second kappa shape index (κ2) is 5.64. The highest BCUT2D eigenvalue weighted by atomic mass is 32.2. The standard InChI is InChI=1S/C13H18N4O2S/c1-3-17-8-13(15-9-17)20(18,19)16-7-11-5-4-6-12(14)10(11)2/h4-6,8-9,16H,3,7,14H2,1-2H3. The summed E-state index contributed by atoms with van der Waals surface area (Å²) in [5.41, 5.74) is 8.18. The first kappa shape index (κ1) is 14.5. The van der Waals surface area contributed by atoms with Crippen LogP contribution in [-0.4, -0.2) is 18.0 Å².